The molecule has 5 rings (SSSR count). The molecule has 0 spiro atoms. The molecule has 166 valence electrons. The minimum Gasteiger partial charge on any atom is -0.312 e. The van der Waals surface area contributed by atoms with Crippen molar-refractivity contribution in [1.29, 1.82) is 0 Å². The van der Waals surface area contributed by atoms with Crippen LogP contribution in [0.25, 0.3) is 0 Å². The zero-order valence-corrected chi connectivity index (χ0v) is 18.5. The Morgan fingerprint density at radius 3 is 2.36 bits per heavy atom. The lowest BCUT2D eigenvalue weighted by Crippen LogP contribution is -2.37. The number of aromatic nitrogens is 2. The fourth-order valence-corrected chi connectivity index (χ4v) is 4.83. The van der Waals surface area contributed by atoms with E-state index in [1.165, 1.54) is 11.3 Å². The lowest BCUT2D eigenvalue weighted by molar-refractivity contribution is -0.117. The van der Waals surface area contributed by atoms with E-state index in [1.54, 1.807) is 29.2 Å². The SMILES string of the molecule is Cc1ccc(N2C[C@@H](c3nnc(NC(=O)CN4C(=O)c5ccccc5C4=O)s3)CC2=O)cc1. The minimum absolute atomic E-state index is 0.00950. The molecule has 3 aromatic rings. The summed E-state index contributed by atoms with van der Waals surface area (Å²) in [7, 11) is 0. The molecule has 9 nitrogen and oxygen atoms in total. The van der Waals surface area contributed by atoms with E-state index in [1.807, 2.05) is 31.2 Å². The van der Waals surface area contributed by atoms with Crippen LogP contribution in [0, 0.1) is 6.92 Å². The number of nitrogens with one attached hydrogen (secondary N) is 1. The Morgan fingerprint density at radius 2 is 1.70 bits per heavy atom. The van der Waals surface area contributed by atoms with E-state index < -0.39 is 24.3 Å². The van der Waals surface area contributed by atoms with Gasteiger partial charge in [-0.25, -0.2) is 0 Å². The van der Waals surface area contributed by atoms with Crippen LogP contribution in [0.3, 0.4) is 0 Å². The van der Waals surface area contributed by atoms with Gasteiger partial charge in [-0.05, 0) is 31.2 Å². The number of aryl methyl sites for hydroxylation is 1. The molecule has 2 aromatic carbocycles. The lowest BCUT2D eigenvalue weighted by Gasteiger charge is -2.16. The molecular weight excluding hydrogens is 442 g/mol. The molecule has 2 aliphatic heterocycles. The number of hydrogen-bond acceptors (Lipinski definition) is 7. The quantitative estimate of drug-likeness (QED) is 0.585. The maximum Gasteiger partial charge on any atom is 0.262 e. The Morgan fingerprint density at radius 1 is 1.03 bits per heavy atom. The van der Waals surface area contributed by atoms with Crippen molar-refractivity contribution in [2.45, 2.75) is 19.3 Å². The van der Waals surface area contributed by atoms with Gasteiger partial charge in [-0.3, -0.25) is 29.4 Å². The van der Waals surface area contributed by atoms with Crippen molar-refractivity contribution in [2.75, 3.05) is 23.3 Å². The maximum atomic E-state index is 12.5. The summed E-state index contributed by atoms with van der Waals surface area (Å²) in [6, 6.07) is 14.2. The molecule has 2 aliphatic rings. The van der Waals surface area contributed by atoms with Crippen LogP contribution in [-0.2, 0) is 9.59 Å². The third kappa shape index (κ3) is 3.89. The number of anilines is 2. The maximum absolute atomic E-state index is 12.5. The van der Waals surface area contributed by atoms with E-state index >= 15 is 0 Å². The highest BCUT2D eigenvalue weighted by Gasteiger charge is 2.37. The summed E-state index contributed by atoms with van der Waals surface area (Å²) in [6.07, 6.45) is 0.311. The first kappa shape index (κ1) is 21.0. The molecular formula is C23H19N5O4S. The van der Waals surface area contributed by atoms with Gasteiger partial charge in [-0.1, -0.05) is 41.2 Å². The zero-order valence-electron chi connectivity index (χ0n) is 17.6. The number of rotatable bonds is 5. The molecule has 1 fully saturated rings. The highest BCUT2D eigenvalue weighted by atomic mass is 32.1. The molecule has 1 N–H and O–H groups in total. The van der Waals surface area contributed by atoms with Gasteiger partial charge >= 0.3 is 0 Å². The number of imide groups is 1. The summed E-state index contributed by atoms with van der Waals surface area (Å²) in [6.45, 7) is 2.06. The van der Waals surface area contributed by atoms with Crippen LogP contribution in [0.1, 0.15) is 43.6 Å². The number of nitrogens with zero attached hydrogens (tertiary/aromatic N) is 4. The third-order valence-electron chi connectivity index (χ3n) is 5.69. The largest absolute Gasteiger partial charge is 0.312 e. The van der Waals surface area contributed by atoms with E-state index in [0.717, 1.165) is 16.2 Å². The first-order chi connectivity index (χ1) is 15.9. The van der Waals surface area contributed by atoms with Gasteiger partial charge in [0.15, 0.2) is 0 Å². The van der Waals surface area contributed by atoms with Crippen molar-refractivity contribution in [3.63, 3.8) is 0 Å². The number of carbonyl (C=O) groups is 4. The molecule has 1 atom stereocenters. The summed E-state index contributed by atoms with van der Waals surface area (Å²) in [4.78, 5) is 52.5. The predicted octanol–water partition coefficient (Wildman–Crippen LogP) is 2.60. The normalized spacial score (nSPS) is 17.6. The van der Waals surface area contributed by atoms with Crippen molar-refractivity contribution in [3.05, 3.63) is 70.2 Å². The van der Waals surface area contributed by atoms with Gasteiger partial charge in [0.05, 0.1) is 11.1 Å². The average molecular weight is 462 g/mol. The predicted molar refractivity (Wildman–Crippen MR) is 121 cm³/mol. The average Bonchev–Trinajstić information content (AvgIpc) is 3.48. The van der Waals surface area contributed by atoms with Gasteiger partial charge in [0.25, 0.3) is 11.8 Å². The van der Waals surface area contributed by atoms with Crippen molar-refractivity contribution >= 4 is 45.8 Å². The number of fused-ring (bicyclic) bond motifs is 1. The van der Waals surface area contributed by atoms with Gasteiger partial charge in [-0.15, -0.1) is 10.2 Å². The molecule has 0 unspecified atom stereocenters. The smallest absolute Gasteiger partial charge is 0.262 e. The second-order valence-electron chi connectivity index (χ2n) is 7.98. The Hall–Kier alpha value is -3.92. The first-order valence-corrected chi connectivity index (χ1v) is 11.2. The summed E-state index contributed by atoms with van der Waals surface area (Å²) in [5, 5.41) is 11.7. The fourth-order valence-electron chi connectivity index (χ4n) is 3.98. The van der Waals surface area contributed by atoms with Gasteiger partial charge in [-0.2, -0.15) is 0 Å². The summed E-state index contributed by atoms with van der Waals surface area (Å²) < 4.78 is 0. The second-order valence-corrected chi connectivity index (χ2v) is 8.99. The highest BCUT2D eigenvalue weighted by molar-refractivity contribution is 7.15. The van der Waals surface area contributed by atoms with E-state index in [-0.39, 0.29) is 28.1 Å². The van der Waals surface area contributed by atoms with Crippen LogP contribution in [0.4, 0.5) is 10.8 Å². The number of benzene rings is 2. The zero-order chi connectivity index (χ0) is 23.1. The molecule has 4 amide bonds. The highest BCUT2D eigenvalue weighted by Crippen LogP contribution is 2.34. The third-order valence-corrected chi connectivity index (χ3v) is 6.69. The topological polar surface area (TPSA) is 113 Å². The summed E-state index contributed by atoms with van der Waals surface area (Å²) in [5.74, 6) is -1.65. The van der Waals surface area contributed by atoms with Crippen molar-refractivity contribution in [1.82, 2.24) is 15.1 Å². The molecule has 10 heteroatoms. The van der Waals surface area contributed by atoms with Crippen LogP contribution in [0.5, 0.6) is 0 Å². The molecule has 1 aromatic heterocycles. The fraction of sp³-hybridized carbons (Fsp3) is 0.217. The van der Waals surface area contributed by atoms with E-state index in [4.69, 9.17) is 0 Å². The Labute approximate surface area is 193 Å². The van der Waals surface area contributed by atoms with Gasteiger partial charge in [0.1, 0.15) is 11.6 Å². The molecule has 0 bridgehead atoms. The standard InChI is InChI=1S/C23H19N5O4S/c1-13-6-8-15(9-7-13)27-11-14(10-19(27)30)20-25-26-23(33-20)24-18(29)12-28-21(31)16-4-2-3-5-17(16)22(28)32/h2-9,14H,10-12H2,1H3,(H,24,26,29)/t14-/m0/s1. The molecule has 0 radical (unpaired) electrons. The van der Waals surface area contributed by atoms with E-state index in [2.05, 4.69) is 15.5 Å². The monoisotopic (exact) mass is 461 g/mol. The van der Waals surface area contributed by atoms with Gasteiger partial charge in [0.2, 0.25) is 16.9 Å². The van der Waals surface area contributed by atoms with E-state index in [0.29, 0.717) is 18.0 Å². The number of hydrogen-bond donors (Lipinski definition) is 1. The summed E-state index contributed by atoms with van der Waals surface area (Å²) >= 11 is 1.19. The molecule has 3 heterocycles. The summed E-state index contributed by atoms with van der Waals surface area (Å²) in [5.41, 5.74) is 2.54. The first-order valence-electron chi connectivity index (χ1n) is 10.4. The van der Waals surface area contributed by atoms with Crippen LogP contribution in [0.2, 0.25) is 0 Å². The number of amides is 4. The van der Waals surface area contributed by atoms with Crippen molar-refractivity contribution < 1.29 is 19.2 Å². The van der Waals surface area contributed by atoms with Gasteiger partial charge < -0.3 is 4.90 Å². The van der Waals surface area contributed by atoms with Crippen molar-refractivity contribution in [3.8, 4) is 0 Å². The van der Waals surface area contributed by atoms with Crippen LogP contribution in [0.15, 0.2) is 48.5 Å². The van der Waals surface area contributed by atoms with Crippen molar-refractivity contribution in [2.24, 2.45) is 0 Å². The number of carbonyl (C=O) groups excluding carboxylic acids is 4. The molecule has 0 aliphatic carbocycles. The Kier molecular flexibility index (Phi) is 5.21. The molecule has 1 saturated heterocycles. The lowest BCUT2D eigenvalue weighted by atomic mass is 10.1. The Balaban J connectivity index is 1.22. The minimum atomic E-state index is -0.545. The van der Waals surface area contributed by atoms with Gasteiger partial charge in [0, 0.05) is 24.6 Å². The molecule has 33 heavy (non-hydrogen) atoms. The Bertz CT molecular complexity index is 1250. The van der Waals surface area contributed by atoms with Crippen LogP contribution < -0.4 is 10.2 Å². The van der Waals surface area contributed by atoms with Crippen LogP contribution >= 0.6 is 11.3 Å². The van der Waals surface area contributed by atoms with E-state index in [9.17, 15) is 19.2 Å². The molecule has 0 saturated carbocycles. The second kappa shape index (κ2) is 8.21. The van der Waals surface area contributed by atoms with Crippen LogP contribution in [-0.4, -0.2) is 51.8 Å².